The first-order valence-electron chi connectivity index (χ1n) is 11.5. The van der Waals surface area contributed by atoms with Gasteiger partial charge in [-0.05, 0) is 55.5 Å². The third-order valence-corrected chi connectivity index (χ3v) is 7.14. The Balaban J connectivity index is 1.31. The van der Waals surface area contributed by atoms with Crippen LogP contribution in [0.4, 0.5) is 4.79 Å². The van der Waals surface area contributed by atoms with Crippen LogP contribution in [-0.2, 0) is 11.2 Å². The second-order valence-electron chi connectivity index (χ2n) is 9.97. The van der Waals surface area contributed by atoms with Crippen LogP contribution in [0.5, 0.6) is 5.75 Å². The molecular formula is C26H32N2O3. The number of piperidine rings is 3. The van der Waals surface area contributed by atoms with Crippen molar-refractivity contribution in [1.29, 1.82) is 0 Å². The second kappa shape index (κ2) is 8.19. The average Bonchev–Trinajstić information content (AvgIpc) is 2.77. The van der Waals surface area contributed by atoms with Crippen molar-refractivity contribution in [2.24, 2.45) is 11.3 Å². The summed E-state index contributed by atoms with van der Waals surface area (Å²) in [6.07, 6.45) is 2.83. The van der Waals surface area contributed by atoms with E-state index in [2.05, 4.69) is 66.5 Å². The van der Waals surface area contributed by atoms with Crippen LogP contribution < -0.4 is 10.1 Å². The number of hydrogen-bond donors (Lipinski definition) is 1. The van der Waals surface area contributed by atoms with Crippen molar-refractivity contribution in [1.82, 2.24) is 10.2 Å². The molecule has 4 aliphatic rings. The average molecular weight is 421 g/mol. The topological polar surface area (TPSA) is 50.8 Å². The molecule has 31 heavy (non-hydrogen) atoms. The number of rotatable bonds is 4. The van der Waals surface area contributed by atoms with E-state index in [0.717, 1.165) is 50.2 Å². The molecule has 5 heteroatoms. The maximum atomic E-state index is 12.9. The minimum atomic E-state index is -0.307. The zero-order valence-electron chi connectivity index (χ0n) is 18.5. The molecule has 1 amide bonds. The maximum Gasteiger partial charge on any atom is 0.407 e. The minimum Gasteiger partial charge on any atom is -0.493 e. The van der Waals surface area contributed by atoms with Gasteiger partial charge in [-0.3, -0.25) is 4.90 Å². The molecule has 2 aromatic rings. The van der Waals surface area contributed by atoms with Gasteiger partial charge in [-0.15, -0.1) is 0 Å². The molecule has 6 rings (SSSR count). The summed E-state index contributed by atoms with van der Waals surface area (Å²) in [4.78, 5) is 15.3. The Morgan fingerprint density at radius 2 is 1.90 bits per heavy atom. The quantitative estimate of drug-likeness (QED) is 0.788. The number of nitrogens with one attached hydrogen (secondary N) is 1. The van der Waals surface area contributed by atoms with Gasteiger partial charge in [-0.25, -0.2) is 4.79 Å². The number of benzene rings is 2. The highest BCUT2D eigenvalue weighted by Crippen LogP contribution is 2.43. The fourth-order valence-corrected chi connectivity index (χ4v) is 5.26. The molecule has 4 heterocycles. The summed E-state index contributed by atoms with van der Waals surface area (Å²) in [7, 11) is 0. The summed E-state index contributed by atoms with van der Waals surface area (Å²) in [5.41, 5.74) is 3.29. The van der Waals surface area contributed by atoms with Crippen LogP contribution in [0, 0.1) is 11.3 Å². The van der Waals surface area contributed by atoms with E-state index in [9.17, 15) is 4.79 Å². The van der Waals surface area contributed by atoms with E-state index in [-0.39, 0.29) is 23.7 Å². The molecule has 0 spiro atoms. The third kappa shape index (κ3) is 4.29. The molecule has 0 saturated carbocycles. The zero-order valence-corrected chi connectivity index (χ0v) is 18.5. The van der Waals surface area contributed by atoms with Gasteiger partial charge < -0.3 is 14.8 Å². The maximum absolute atomic E-state index is 12.9. The van der Waals surface area contributed by atoms with Gasteiger partial charge in [-0.2, -0.15) is 0 Å². The number of hydrogen-bond acceptors (Lipinski definition) is 4. The van der Waals surface area contributed by atoms with Gasteiger partial charge in [0.2, 0.25) is 0 Å². The summed E-state index contributed by atoms with van der Waals surface area (Å²) in [5.74, 6) is 1.37. The lowest BCUT2D eigenvalue weighted by atomic mass is 9.78. The standard InChI is InChI=1S/C26H32N2O3/c1-26(2)17-30-22-15-19(14-18-6-4-3-5-7-18)8-9-21(22)24(26)27-25(29)31-23-16-28-12-10-20(23)11-13-28/h3-9,15,20,23-24H,10-14,16-17H2,1-2H3,(H,27,29)/t23-,24?/m1/s1. The van der Waals surface area contributed by atoms with Crippen LogP contribution in [0.2, 0.25) is 0 Å². The van der Waals surface area contributed by atoms with Crippen molar-refractivity contribution in [3.63, 3.8) is 0 Å². The van der Waals surface area contributed by atoms with E-state index in [1.54, 1.807) is 0 Å². The lowest BCUT2D eigenvalue weighted by Crippen LogP contribution is -2.53. The van der Waals surface area contributed by atoms with E-state index in [4.69, 9.17) is 9.47 Å². The van der Waals surface area contributed by atoms with E-state index < -0.39 is 0 Å². The molecule has 3 saturated heterocycles. The Morgan fingerprint density at radius 1 is 1.13 bits per heavy atom. The fourth-order valence-electron chi connectivity index (χ4n) is 5.26. The molecule has 1 unspecified atom stereocenters. The van der Waals surface area contributed by atoms with Crippen molar-refractivity contribution >= 4 is 6.09 Å². The summed E-state index contributed by atoms with van der Waals surface area (Å²) >= 11 is 0. The second-order valence-corrected chi connectivity index (χ2v) is 9.97. The number of alkyl carbamates (subject to hydrolysis) is 1. The molecule has 5 nitrogen and oxygen atoms in total. The Kier molecular flexibility index (Phi) is 5.39. The van der Waals surface area contributed by atoms with Crippen molar-refractivity contribution < 1.29 is 14.3 Å². The smallest absolute Gasteiger partial charge is 0.407 e. The predicted octanol–water partition coefficient (Wildman–Crippen LogP) is 4.56. The lowest BCUT2D eigenvalue weighted by molar-refractivity contribution is -0.0361. The van der Waals surface area contributed by atoms with Crippen LogP contribution in [-0.4, -0.2) is 43.3 Å². The normalized spacial score (nSPS) is 28.3. The Morgan fingerprint density at radius 3 is 2.61 bits per heavy atom. The molecule has 2 bridgehead atoms. The van der Waals surface area contributed by atoms with Crippen LogP contribution in [0.1, 0.15) is 49.4 Å². The van der Waals surface area contributed by atoms with Gasteiger partial charge in [0.05, 0.1) is 12.6 Å². The highest BCUT2D eigenvalue weighted by molar-refractivity contribution is 5.69. The highest BCUT2D eigenvalue weighted by atomic mass is 16.6. The first-order chi connectivity index (χ1) is 15.0. The summed E-state index contributed by atoms with van der Waals surface area (Å²) in [6.45, 7) is 7.96. The third-order valence-electron chi connectivity index (χ3n) is 7.14. The highest BCUT2D eigenvalue weighted by Gasteiger charge is 2.41. The molecule has 0 aliphatic carbocycles. The summed E-state index contributed by atoms with van der Waals surface area (Å²) in [6, 6.07) is 16.7. The van der Waals surface area contributed by atoms with E-state index in [1.807, 2.05) is 6.07 Å². The Labute approximate surface area is 184 Å². The number of ether oxygens (including phenoxy) is 2. The first-order valence-corrected chi connectivity index (χ1v) is 11.5. The number of carbonyl (C=O) groups is 1. The summed E-state index contributed by atoms with van der Waals surface area (Å²) in [5, 5.41) is 3.18. The molecule has 1 N–H and O–H groups in total. The molecule has 0 aromatic heterocycles. The van der Waals surface area contributed by atoms with E-state index >= 15 is 0 Å². The SMILES string of the molecule is CC1(C)COc2cc(Cc3ccccc3)ccc2C1NC(=O)O[C@@H]1CN2CCC1CC2. The first kappa shape index (κ1) is 20.4. The monoisotopic (exact) mass is 420 g/mol. The van der Waals surface area contributed by atoms with Crippen molar-refractivity contribution in [3.8, 4) is 5.75 Å². The number of fused-ring (bicyclic) bond motifs is 4. The van der Waals surface area contributed by atoms with Gasteiger partial charge in [0, 0.05) is 17.5 Å². The number of carbonyl (C=O) groups excluding carboxylic acids is 1. The van der Waals surface area contributed by atoms with Crippen LogP contribution in [0.15, 0.2) is 48.5 Å². The molecule has 4 aliphatic heterocycles. The molecule has 164 valence electrons. The van der Waals surface area contributed by atoms with Crippen molar-refractivity contribution in [2.45, 2.75) is 45.3 Å². The van der Waals surface area contributed by atoms with E-state index in [0.29, 0.717) is 12.5 Å². The van der Waals surface area contributed by atoms with Gasteiger partial charge in [0.1, 0.15) is 11.9 Å². The van der Waals surface area contributed by atoms with Crippen molar-refractivity contribution in [2.75, 3.05) is 26.2 Å². The van der Waals surface area contributed by atoms with Gasteiger partial charge in [0.15, 0.2) is 0 Å². The number of nitrogens with zero attached hydrogens (tertiary/aromatic N) is 1. The molecule has 3 fully saturated rings. The molecule has 0 radical (unpaired) electrons. The van der Waals surface area contributed by atoms with Crippen molar-refractivity contribution in [3.05, 3.63) is 65.2 Å². The minimum absolute atomic E-state index is 0.0122. The predicted molar refractivity (Wildman–Crippen MR) is 120 cm³/mol. The fraction of sp³-hybridized carbons (Fsp3) is 0.500. The Hall–Kier alpha value is -2.53. The Bertz CT molecular complexity index is 935. The molecule has 2 aromatic carbocycles. The molecule has 2 atom stereocenters. The van der Waals surface area contributed by atoms with Gasteiger partial charge >= 0.3 is 6.09 Å². The van der Waals surface area contributed by atoms with Crippen LogP contribution in [0.3, 0.4) is 0 Å². The molecular weight excluding hydrogens is 388 g/mol. The van der Waals surface area contributed by atoms with Gasteiger partial charge in [0.25, 0.3) is 0 Å². The van der Waals surface area contributed by atoms with E-state index in [1.165, 1.54) is 11.1 Å². The summed E-state index contributed by atoms with van der Waals surface area (Å²) < 4.78 is 12.0. The van der Waals surface area contributed by atoms with Gasteiger partial charge in [-0.1, -0.05) is 56.3 Å². The van der Waals surface area contributed by atoms with Crippen LogP contribution >= 0.6 is 0 Å². The largest absolute Gasteiger partial charge is 0.493 e. The van der Waals surface area contributed by atoms with Crippen LogP contribution in [0.25, 0.3) is 0 Å². The zero-order chi connectivity index (χ0) is 21.4. The number of amides is 1. The lowest BCUT2D eigenvalue weighted by Gasteiger charge is -2.44.